The molecule has 1 aromatic carbocycles. The van der Waals surface area contributed by atoms with Gasteiger partial charge in [-0.1, -0.05) is 24.0 Å². The van der Waals surface area contributed by atoms with Crippen LogP contribution in [-0.4, -0.2) is 18.2 Å². The largest absolute Gasteiger partial charge is 0.444 e. The third kappa shape index (κ3) is 4.27. The van der Waals surface area contributed by atoms with E-state index in [0.717, 1.165) is 24.0 Å². The van der Waals surface area contributed by atoms with Crippen LogP contribution < -0.4 is 5.32 Å². The van der Waals surface area contributed by atoms with Crippen molar-refractivity contribution in [2.75, 3.05) is 6.54 Å². The predicted octanol–water partition coefficient (Wildman–Crippen LogP) is 3.12. The quantitative estimate of drug-likeness (QED) is 0.853. The Labute approximate surface area is 131 Å². The summed E-state index contributed by atoms with van der Waals surface area (Å²) in [5, 5.41) is 11.7. The van der Waals surface area contributed by atoms with Crippen LogP contribution in [0.15, 0.2) is 24.3 Å². The Morgan fingerprint density at radius 3 is 2.45 bits per heavy atom. The first-order valence-corrected chi connectivity index (χ1v) is 7.32. The molecule has 1 aliphatic carbocycles. The van der Waals surface area contributed by atoms with Crippen LogP contribution in [0, 0.1) is 23.2 Å². The minimum Gasteiger partial charge on any atom is -0.444 e. The van der Waals surface area contributed by atoms with Gasteiger partial charge in [-0.05, 0) is 51.3 Å². The van der Waals surface area contributed by atoms with Crippen LogP contribution in [0.1, 0.15) is 44.7 Å². The first-order chi connectivity index (χ1) is 10.3. The summed E-state index contributed by atoms with van der Waals surface area (Å²) in [5.74, 6) is 5.86. The molecule has 0 unspecified atom stereocenters. The molecule has 1 fully saturated rings. The van der Waals surface area contributed by atoms with Crippen LogP contribution in [0.2, 0.25) is 0 Å². The van der Waals surface area contributed by atoms with Crippen LogP contribution in [-0.2, 0) is 10.2 Å². The van der Waals surface area contributed by atoms with Crippen molar-refractivity contribution in [2.45, 2.75) is 44.6 Å². The van der Waals surface area contributed by atoms with Crippen molar-refractivity contribution in [3.05, 3.63) is 35.4 Å². The van der Waals surface area contributed by atoms with Crippen LogP contribution in [0.3, 0.4) is 0 Å². The number of nitrogens with one attached hydrogen (secondary N) is 1. The Kier molecular flexibility index (Phi) is 4.43. The van der Waals surface area contributed by atoms with Gasteiger partial charge in [0.05, 0.1) is 18.0 Å². The Balaban J connectivity index is 1.85. The molecule has 4 heteroatoms. The summed E-state index contributed by atoms with van der Waals surface area (Å²) in [4.78, 5) is 11.4. The Morgan fingerprint density at radius 1 is 1.32 bits per heavy atom. The number of hydrogen-bond acceptors (Lipinski definition) is 3. The second-order valence-electron chi connectivity index (χ2n) is 6.43. The molecule has 0 aliphatic heterocycles. The minimum absolute atomic E-state index is 0.235. The Hall–Kier alpha value is -2.46. The molecular formula is C18H20N2O2. The van der Waals surface area contributed by atoms with Crippen molar-refractivity contribution in [1.29, 1.82) is 5.26 Å². The van der Waals surface area contributed by atoms with Crippen molar-refractivity contribution >= 4 is 6.09 Å². The van der Waals surface area contributed by atoms with Crippen LogP contribution >= 0.6 is 0 Å². The number of carbonyl (C=O) groups is 1. The molecule has 1 aliphatic rings. The van der Waals surface area contributed by atoms with Crippen LogP contribution in [0.4, 0.5) is 4.79 Å². The summed E-state index contributed by atoms with van der Waals surface area (Å²) in [7, 11) is 0. The second kappa shape index (κ2) is 6.12. The standard InChI is InChI=1S/C18H20N2O2/c1-17(2,3)22-16(21)20-12-4-5-14-6-8-15(9-7-14)18(13-19)10-11-18/h6-9H,10-12H2,1-3H3,(H,20,21). The van der Waals surface area contributed by atoms with Crippen molar-refractivity contribution in [3.8, 4) is 17.9 Å². The summed E-state index contributed by atoms with van der Waals surface area (Å²) in [6, 6.07) is 10.1. The highest BCUT2D eigenvalue weighted by Gasteiger charge is 2.44. The van der Waals surface area contributed by atoms with Crippen molar-refractivity contribution in [3.63, 3.8) is 0 Å². The average Bonchev–Trinajstić information content (AvgIpc) is 3.23. The number of hydrogen-bond donors (Lipinski definition) is 1. The number of nitriles is 1. The summed E-state index contributed by atoms with van der Waals surface area (Å²) >= 11 is 0. The zero-order valence-corrected chi connectivity index (χ0v) is 13.2. The molecule has 1 aromatic rings. The average molecular weight is 296 g/mol. The lowest BCUT2D eigenvalue weighted by molar-refractivity contribution is 0.0535. The fourth-order valence-electron chi connectivity index (χ4n) is 2.04. The smallest absolute Gasteiger partial charge is 0.408 e. The highest BCUT2D eigenvalue weighted by atomic mass is 16.6. The van der Waals surface area contributed by atoms with E-state index in [1.54, 1.807) is 0 Å². The molecular weight excluding hydrogens is 276 g/mol. The molecule has 1 N–H and O–H groups in total. The topological polar surface area (TPSA) is 62.1 Å². The van der Waals surface area contributed by atoms with Gasteiger partial charge in [-0.2, -0.15) is 5.26 Å². The monoisotopic (exact) mass is 296 g/mol. The predicted molar refractivity (Wildman–Crippen MR) is 84.1 cm³/mol. The van der Waals surface area contributed by atoms with E-state index < -0.39 is 11.7 Å². The molecule has 0 atom stereocenters. The lowest BCUT2D eigenvalue weighted by atomic mass is 9.97. The maximum Gasteiger partial charge on any atom is 0.408 e. The SMILES string of the molecule is CC(C)(C)OC(=O)NCC#Cc1ccc(C2(C#N)CC2)cc1. The maximum absolute atomic E-state index is 11.4. The summed E-state index contributed by atoms with van der Waals surface area (Å²) < 4.78 is 5.11. The fraction of sp³-hybridized carbons (Fsp3) is 0.444. The molecule has 0 bridgehead atoms. The van der Waals surface area contributed by atoms with E-state index in [0.29, 0.717) is 0 Å². The summed E-state index contributed by atoms with van der Waals surface area (Å²) in [6.07, 6.45) is 1.41. The van der Waals surface area contributed by atoms with E-state index in [1.807, 2.05) is 45.0 Å². The van der Waals surface area contributed by atoms with Gasteiger partial charge in [0, 0.05) is 5.56 Å². The van der Waals surface area contributed by atoms with E-state index in [1.165, 1.54) is 0 Å². The molecule has 1 saturated carbocycles. The highest BCUT2D eigenvalue weighted by molar-refractivity contribution is 5.68. The number of nitrogens with zero attached hydrogens (tertiary/aromatic N) is 1. The zero-order valence-electron chi connectivity index (χ0n) is 13.2. The van der Waals surface area contributed by atoms with Crippen LogP contribution in [0.25, 0.3) is 0 Å². The number of ether oxygens (including phenoxy) is 1. The molecule has 114 valence electrons. The van der Waals surface area contributed by atoms with E-state index >= 15 is 0 Å². The van der Waals surface area contributed by atoms with Gasteiger partial charge in [-0.3, -0.25) is 0 Å². The Bertz CT molecular complexity index is 648. The normalized spacial score (nSPS) is 15.0. The van der Waals surface area contributed by atoms with Crippen molar-refractivity contribution in [2.24, 2.45) is 0 Å². The first kappa shape index (κ1) is 15.9. The van der Waals surface area contributed by atoms with Gasteiger partial charge in [0.2, 0.25) is 0 Å². The van der Waals surface area contributed by atoms with E-state index in [-0.39, 0.29) is 12.0 Å². The maximum atomic E-state index is 11.4. The van der Waals surface area contributed by atoms with Gasteiger partial charge in [0.15, 0.2) is 0 Å². The minimum atomic E-state index is -0.507. The van der Waals surface area contributed by atoms with E-state index in [9.17, 15) is 4.79 Å². The molecule has 0 radical (unpaired) electrons. The molecule has 0 spiro atoms. The molecule has 1 amide bonds. The van der Waals surface area contributed by atoms with E-state index in [4.69, 9.17) is 10.00 Å². The van der Waals surface area contributed by atoms with Gasteiger partial charge in [0.25, 0.3) is 0 Å². The van der Waals surface area contributed by atoms with Gasteiger partial charge >= 0.3 is 6.09 Å². The van der Waals surface area contributed by atoms with Gasteiger partial charge in [-0.25, -0.2) is 4.79 Å². The third-order valence-corrected chi connectivity index (χ3v) is 3.35. The van der Waals surface area contributed by atoms with E-state index in [2.05, 4.69) is 23.2 Å². The Morgan fingerprint density at radius 2 is 1.95 bits per heavy atom. The number of amides is 1. The van der Waals surface area contributed by atoms with Crippen molar-refractivity contribution < 1.29 is 9.53 Å². The summed E-state index contributed by atoms with van der Waals surface area (Å²) in [6.45, 7) is 5.67. The lowest BCUT2D eigenvalue weighted by Gasteiger charge is -2.18. The number of benzene rings is 1. The fourth-order valence-corrected chi connectivity index (χ4v) is 2.04. The van der Waals surface area contributed by atoms with Gasteiger partial charge < -0.3 is 10.1 Å². The van der Waals surface area contributed by atoms with Gasteiger partial charge in [-0.15, -0.1) is 0 Å². The molecule has 2 rings (SSSR count). The third-order valence-electron chi connectivity index (χ3n) is 3.35. The summed E-state index contributed by atoms with van der Waals surface area (Å²) in [5.41, 5.74) is 1.16. The number of carbonyl (C=O) groups excluding carboxylic acids is 1. The zero-order chi connectivity index (χ0) is 16.2. The second-order valence-corrected chi connectivity index (χ2v) is 6.43. The molecule has 0 aromatic heterocycles. The lowest BCUT2D eigenvalue weighted by Crippen LogP contribution is -2.32. The molecule has 0 heterocycles. The van der Waals surface area contributed by atoms with Gasteiger partial charge in [0.1, 0.15) is 5.60 Å². The molecule has 0 saturated heterocycles. The van der Waals surface area contributed by atoms with Crippen LogP contribution in [0.5, 0.6) is 0 Å². The molecule has 4 nitrogen and oxygen atoms in total. The molecule has 22 heavy (non-hydrogen) atoms. The highest BCUT2D eigenvalue weighted by Crippen LogP contribution is 2.47. The number of rotatable bonds is 2. The number of alkyl carbamates (subject to hydrolysis) is 1. The first-order valence-electron chi connectivity index (χ1n) is 7.32. The van der Waals surface area contributed by atoms with Crippen molar-refractivity contribution in [1.82, 2.24) is 5.32 Å².